The van der Waals surface area contributed by atoms with Gasteiger partial charge in [0.05, 0.1) is 34.1 Å². The van der Waals surface area contributed by atoms with Gasteiger partial charge in [0.15, 0.2) is 23.3 Å². The third-order valence-electron chi connectivity index (χ3n) is 12.4. The molecular weight excluding hydrogens is 964 g/mol. The monoisotopic (exact) mass is 1020 g/mol. The normalized spacial score (nSPS) is 11.6. The van der Waals surface area contributed by atoms with E-state index >= 15 is 17.6 Å². The van der Waals surface area contributed by atoms with E-state index in [4.69, 9.17) is 0 Å². The van der Waals surface area contributed by atoms with Crippen LogP contribution in [0.25, 0.3) is 11.1 Å². The van der Waals surface area contributed by atoms with Gasteiger partial charge in [0.2, 0.25) is 0 Å². The van der Waals surface area contributed by atoms with E-state index in [0.29, 0.717) is 34.1 Å². The summed E-state index contributed by atoms with van der Waals surface area (Å²) in [6.07, 6.45) is 0. The maximum Gasteiger partial charge on any atom is 0.164 e. The minimum Gasteiger partial charge on any atom is -0.371 e. The molecular formula is C56H60Br2F4N4+2. The number of allylic oxidation sites excluding steroid dienone is 2. The first-order valence-corrected chi connectivity index (χ1v) is 24.6. The summed E-state index contributed by atoms with van der Waals surface area (Å²) in [5.74, 6) is -2.84. The van der Waals surface area contributed by atoms with Gasteiger partial charge in [-0.05, 0) is 177 Å². The van der Waals surface area contributed by atoms with E-state index in [2.05, 4.69) is 107 Å². The quantitative estimate of drug-likeness (QED) is 0.0429. The zero-order chi connectivity index (χ0) is 47.7. The lowest BCUT2D eigenvalue weighted by molar-refractivity contribution is 0.571. The molecule has 6 aromatic carbocycles. The van der Waals surface area contributed by atoms with Crippen LogP contribution in [0, 0.1) is 35.1 Å². The van der Waals surface area contributed by atoms with Crippen molar-refractivity contribution in [2.75, 3.05) is 72.0 Å². The zero-order valence-corrected chi connectivity index (χ0v) is 42.4. The molecule has 0 radical (unpaired) electrons. The second-order valence-corrected chi connectivity index (χ2v) is 17.7. The highest BCUT2D eigenvalue weighted by atomic mass is 79.9. The first kappa shape index (κ1) is 50.1. The fourth-order valence-electron chi connectivity index (χ4n) is 8.93. The van der Waals surface area contributed by atoms with Gasteiger partial charge < -0.3 is 19.6 Å². The van der Waals surface area contributed by atoms with Crippen molar-refractivity contribution in [2.24, 2.45) is 0 Å². The fraction of sp³-hybridized carbons (Fsp3) is 0.286. The topological polar surface area (TPSA) is 13.0 Å². The van der Waals surface area contributed by atoms with Crippen LogP contribution in [0.4, 0.5) is 40.3 Å². The highest BCUT2D eigenvalue weighted by molar-refractivity contribution is 9.10. The lowest BCUT2D eigenvalue weighted by Gasteiger charge is -2.26. The molecule has 0 unspecified atom stereocenters. The van der Waals surface area contributed by atoms with Crippen LogP contribution in [0.2, 0.25) is 0 Å². The molecule has 0 aliphatic rings. The van der Waals surface area contributed by atoms with E-state index in [1.54, 1.807) is 0 Å². The smallest absolute Gasteiger partial charge is 0.164 e. The molecule has 6 aromatic rings. The van der Waals surface area contributed by atoms with E-state index in [1.165, 1.54) is 24.3 Å². The number of nitrogens with zero attached hydrogens (tertiary/aromatic N) is 4. The first-order chi connectivity index (χ1) is 31.9. The van der Waals surface area contributed by atoms with Gasteiger partial charge in [0.1, 0.15) is 22.3 Å². The summed E-state index contributed by atoms with van der Waals surface area (Å²) >= 11 is 6.64. The Labute approximate surface area is 407 Å². The summed E-state index contributed by atoms with van der Waals surface area (Å²) in [5.41, 5.74) is 5.36. The molecule has 0 bridgehead atoms. The van der Waals surface area contributed by atoms with Crippen LogP contribution in [-0.2, 0) is 0 Å². The molecule has 0 N–H and O–H groups in total. The van der Waals surface area contributed by atoms with Crippen LogP contribution in [-0.4, -0.2) is 52.4 Å². The molecule has 66 heavy (non-hydrogen) atoms. The molecule has 0 saturated carbocycles. The maximum absolute atomic E-state index is 17.4. The molecule has 0 fully saturated rings. The van der Waals surface area contributed by atoms with Gasteiger partial charge in [0, 0.05) is 84.1 Å². The average Bonchev–Trinajstić information content (AvgIpc) is 3.31. The van der Waals surface area contributed by atoms with E-state index in [1.807, 2.05) is 97.1 Å². The minimum atomic E-state index is -0.905. The van der Waals surface area contributed by atoms with E-state index in [9.17, 15) is 0 Å². The van der Waals surface area contributed by atoms with Crippen LogP contribution in [0.5, 0.6) is 0 Å². The molecule has 0 spiro atoms. The van der Waals surface area contributed by atoms with Gasteiger partial charge in [-0.25, -0.2) is 0 Å². The van der Waals surface area contributed by atoms with E-state index in [-0.39, 0.29) is 20.1 Å². The van der Waals surface area contributed by atoms with Crippen molar-refractivity contribution in [3.8, 4) is 0 Å². The van der Waals surface area contributed by atoms with Crippen LogP contribution in [0.3, 0.4) is 0 Å². The summed E-state index contributed by atoms with van der Waals surface area (Å²) < 4.78 is 69.9. The Morgan fingerprint density at radius 3 is 0.697 bits per heavy atom. The molecule has 0 amide bonds. The molecule has 0 atom stereocenters. The Hall–Kier alpha value is -5.32. The van der Waals surface area contributed by atoms with E-state index in [0.717, 1.165) is 75.1 Å². The minimum absolute atomic E-state index is 0.0144. The predicted molar refractivity (Wildman–Crippen MR) is 278 cm³/mol. The number of halogens is 6. The molecule has 0 aliphatic heterocycles. The third-order valence-corrected chi connectivity index (χ3v) is 13.3. The SMILES string of the molecule is CCN(CC)c1ccc([C+](/C(=C(/c2c(F)cc(Br)cc2F)[C+](c2ccc(N(CC)CC)cc2)c2ccc(N(CC)CC)cc2)c2c(F)cc(Br)cc2F)c2ccc(N(CC)CC)cc2)cc1. The van der Waals surface area contributed by atoms with Gasteiger partial charge in [0.25, 0.3) is 0 Å². The molecule has 6 rings (SSSR count). The molecule has 4 nitrogen and oxygen atoms in total. The molecule has 10 heteroatoms. The number of anilines is 4. The van der Waals surface area contributed by atoms with Gasteiger partial charge >= 0.3 is 0 Å². The number of rotatable bonds is 20. The van der Waals surface area contributed by atoms with Crippen molar-refractivity contribution in [1.29, 1.82) is 0 Å². The Morgan fingerprint density at radius 1 is 0.348 bits per heavy atom. The molecule has 0 aromatic heterocycles. The van der Waals surface area contributed by atoms with Crippen LogP contribution < -0.4 is 19.6 Å². The Balaban J connectivity index is 1.87. The number of benzene rings is 6. The molecule has 0 heterocycles. The second-order valence-electron chi connectivity index (χ2n) is 15.9. The van der Waals surface area contributed by atoms with Crippen LogP contribution in [0.15, 0.2) is 130 Å². The highest BCUT2D eigenvalue weighted by Gasteiger charge is 2.44. The molecule has 0 aliphatic carbocycles. The zero-order valence-electron chi connectivity index (χ0n) is 39.3. The molecule has 0 saturated heterocycles. The van der Waals surface area contributed by atoms with Crippen molar-refractivity contribution in [2.45, 2.75) is 55.4 Å². The lowest BCUT2D eigenvalue weighted by atomic mass is 9.71. The fourth-order valence-corrected chi connectivity index (χ4v) is 9.74. The second kappa shape index (κ2) is 22.9. The average molecular weight is 1020 g/mol. The van der Waals surface area contributed by atoms with Crippen LogP contribution in [0.1, 0.15) is 88.8 Å². The summed E-state index contributed by atoms with van der Waals surface area (Å²) in [5, 5.41) is 0. The Morgan fingerprint density at radius 2 is 0.530 bits per heavy atom. The summed E-state index contributed by atoms with van der Waals surface area (Å²) in [6.45, 7) is 22.8. The third kappa shape index (κ3) is 10.8. The van der Waals surface area contributed by atoms with E-state index < -0.39 is 34.4 Å². The van der Waals surface area contributed by atoms with Crippen LogP contribution >= 0.6 is 31.9 Å². The first-order valence-electron chi connectivity index (χ1n) is 23.1. The summed E-state index contributed by atoms with van der Waals surface area (Å²) in [4.78, 5) is 8.84. The van der Waals surface area contributed by atoms with Gasteiger partial charge in [-0.3, -0.25) is 0 Å². The summed E-state index contributed by atoms with van der Waals surface area (Å²) in [6, 6.07) is 36.1. The van der Waals surface area contributed by atoms with Crippen molar-refractivity contribution in [3.05, 3.63) is 199 Å². The largest absolute Gasteiger partial charge is 0.371 e. The number of hydrogen-bond donors (Lipinski definition) is 0. The maximum atomic E-state index is 17.4. The van der Waals surface area contributed by atoms with Gasteiger partial charge in [-0.1, -0.05) is 31.9 Å². The van der Waals surface area contributed by atoms with Gasteiger partial charge in [-0.15, -0.1) is 0 Å². The van der Waals surface area contributed by atoms with Crippen molar-refractivity contribution in [1.82, 2.24) is 0 Å². The standard InChI is InChI=1S/C56H60Br2F4N4/c1-9-63(10-2)43-25-17-37(18-26-43)51(38-19-27-44(28-20-38)64(11-3)12-4)55(53-47(59)33-41(57)34-48(53)60)56(54-49(61)35-42(58)36-50(54)62)52(39-21-29-45(30-22-39)65(13-5)14-6)40-23-31-46(32-24-40)66(15-7)16-8/h17-36H,9-16H2,1-8H3/q+2/b56-55-. The highest BCUT2D eigenvalue weighted by Crippen LogP contribution is 2.51. The summed E-state index contributed by atoms with van der Waals surface area (Å²) in [7, 11) is 0. The Bertz CT molecular complexity index is 2210. The molecule has 344 valence electrons. The Kier molecular flexibility index (Phi) is 17.4. The van der Waals surface area contributed by atoms with Crippen molar-refractivity contribution < 1.29 is 17.6 Å². The lowest BCUT2D eigenvalue weighted by Crippen LogP contribution is -2.22. The number of hydrogen-bond acceptors (Lipinski definition) is 4. The van der Waals surface area contributed by atoms with Crippen molar-refractivity contribution in [3.63, 3.8) is 0 Å². The van der Waals surface area contributed by atoms with Gasteiger partial charge in [-0.2, -0.15) is 17.6 Å². The predicted octanol–water partition coefficient (Wildman–Crippen LogP) is 15.4. The van der Waals surface area contributed by atoms with Crippen molar-refractivity contribution >= 4 is 65.8 Å².